The Morgan fingerprint density at radius 2 is 1.75 bits per heavy atom. The second-order valence-electron chi connectivity index (χ2n) is 6.69. The van der Waals surface area contributed by atoms with Gasteiger partial charge >= 0.3 is 0 Å². The molecule has 4 aromatic rings. The van der Waals surface area contributed by atoms with Crippen LogP contribution in [0.4, 0.5) is 0 Å². The molecule has 0 atom stereocenters. The fourth-order valence-electron chi connectivity index (χ4n) is 3.34. The molecule has 4 rings (SSSR count). The number of carbonyl (C=O) groups excluding carboxylic acids is 1. The summed E-state index contributed by atoms with van der Waals surface area (Å²) in [4.78, 5) is 17.7. The third-order valence-electron chi connectivity index (χ3n) is 4.64. The van der Waals surface area contributed by atoms with Crippen molar-refractivity contribution in [1.29, 1.82) is 0 Å². The van der Waals surface area contributed by atoms with Gasteiger partial charge in [-0.3, -0.25) is 9.78 Å². The fourth-order valence-corrected chi connectivity index (χ4v) is 3.55. The van der Waals surface area contributed by atoms with Gasteiger partial charge in [-0.15, -0.1) is 0 Å². The molecule has 0 aliphatic heterocycles. The number of nitrogens with zero attached hydrogens (tertiary/aromatic N) is 1. The number of hydrogen-bond donors (Lipinski definition) is 1. The van der Waals surface area contributed by atoms with Crippen LogP contribution in [0, 0.1) is 6.92 Å². The van der Waals surface area contributed by atoms with Gasteiger partial charge in [0.25, 0.3) is 5.91 Å². The average molecular weight is 387 g/mol. The Labute approximate surface area is 169 Å². The van der Waals surface area contributed by atoms with E-state index in [-0.39, 0.29) is 5.91 Å². The molecular weight excluding hydrogens is 368 g/mol. The first kappa shape index (κ1) is 18.2. The summed E-state index contributed by atoms with van der Waals surface area (Å²) in [6.07, 6.45) is 0. The molecule has 28 heavy (non-hydrogen) atoms. The van der Waals surface area contributed by atoms with Crippen molar-refractivity contribution < 1.29 is 4.79 Å². The Balaban J connectivity index is 1.72. The van der Waals surface area contributed by atoms with Crippen molar-refractivity contribution in [2.24, 2.45) is 0 Å². The number of rotatable bonds is 4. The van der Waals surface area contributed by atoms with Crippen molar-refractivity contribution in [3.05, 3.63) is 101 Å². The molecule has 0 saturated heterocycles. The molecule has 138 valence electrons. The number of hydrogen-bond acceptors (Lipinski definition) is 2. The molecule has 1 amide bonds. The maximum Gasteiger partial charge on any atom is 0.252 e. The lowest BCUT2D eigenvalue weighted by Gasteiger charge is -2.12. The zero-order valence-corrected chi connectivity index (χ0v) is 16.2. The SMILES string of the molecule is Cc1cc(C(=O)NCc2cccc(Cl)c2)c2cccc(-c3ccccc3)c2n1. The van der Waals surface area contributed by atoms with Gasteiger partial charge in [-0.1, -0.05) is 72.3 Å². The summed E-state index contributed by atoms with van der Waals surface area (Å²) in [7, 11) is 0. The second-order valence-corrected chi connectivity index (χ2v) is 7.13. The zero-order chi connectivity index (χ0) is 19.5. The monoisotopic (exact) mass is 386 g/mol. The largest absolute Gasteiger partial charge is 0.348 e. The van der Waals surface area contributed by atoms with Gasteiger partial charge in [0, 0.05) is 28.2 Å². The van der Waals surface area contributed by atoms with Crippen LogP contribution >= 0.6 is 11.6 Å². The van der Waals surface area contributed by atoms with Gasteiger partial charge in [0.15, 0.2) is 0 Å². The minimum Gasteiger partial charge on any atom is -0.348 e. The predicted molar refractivity (Wildman–Crippen MR) is 115 cm³/mol. The highest BCUT2D eigenvalue weighted by Gasteiger charge is 2.14. The van der Waals surface area contributed by atoms with Gasteiger partial charge in [-0.25, -0.2) is 0 Å². The highest BCUT2D eigenvalue weighted by molar-refractivity contribution is 6.30. The standard InChI is InChI=1S/C24H19ClN2O/c1-16-13-22(24(28)26-15-17-7-5-10-19(25)14-17)21-12-6-11-20(23(21)27-16)18-8-3-2-4-9-18/h2-14H,15H2,1H3,(H,26,28). The number of fused-ring (bicyclic) bond motifs is 1. The highest BCUT2D eigenvalue weighted by atomic mass is 35.5. The van der Waals surface area contributed by atoms with Gasteiger partial charge < -0.3 is 5.32 Å². The number of nitrogens with one attached hydrogen (secondary N) is 1. The number of aromatic nitrogens is 1. The van der Waals surface area contributed by atoms with Crippen molar-refractivity contribution in [1.82, 2.24) is 10.3 Å². The third-order valence-corrected chi connectivity index (χ3v) is 4.87. The van der Waals surface area contributed by atoms with Crippen LogP contribution in [0.1, 0.15) is 21.6 Å². The average Bonchev–Trinajstić information content (AvgIpc) is 2.71. The van der Waals surface area contributed by atoms with Crippen LogP contribution in [0.2, 0.25) is 5.02 Å². The molecule has 0 saturated carbocycles. The van der Waals surface area contributed by atoms with Crippen molar-refractivity contribution in [3.8, 4) is 11.1 Å². The lowest BCUT2D eigenvalue weighted by Crippen LogP contribution is -2.23. The van der Waals surface area contributed by atoms with Crippen molar-refractivity contribution in [3.63, 3.8) is 0 Å². The number of benzene rings is 3. The number of halogens is 1. The summed E-state index contributed by atoms with van der Waals surface area (Å²) in [5.74, 6) is -0.124. The van der Waals surface area contributed by atoms with Crippen LogP contribution in [-0.4, -0.2) is 10.9 Å². The molecule has 0 bridgehead atoms. The van der Waals surface area contributed by atoms with E-state index in [4.69, 9.17) is 16.6 Å². The molecule has 0 radical (unpaired) electrons. The Morgan fingerprint density at radius 1 is 0.964 bits per heavy atom. The van der Waals surface area contributed by atoms with Crippen molar-refractivity contribution in [2.75, 3.05) is 0 Å². The first-order chi connectivity index (χ1) is 13.6. The molecule has 0 aliphatic rings. The van der Waals surface area contributed by atoms with E-state index in [0.29, 0.717) is 17.1 Å². The summed E-state index contributed by atoms with van der Waals surface area (Å²) >= 11 is 6.03. The van der Waals surface area contributed by atoms with Crippen LogP contribution in [0.25, 0.3) is 22.0 Å². The molecular formula is C24H19ClN2O. The summed E-state index contributed by atoms with van der Waals surface area (Å²) in [5.41, 5.74) is 5.33. The van der Waals surface area contributed by atoms with E-state index in [1.807, 2.05) is 73.7 Å². The summed E-state index contributed by atoms with van der Waals surface area (Å²) < 4.78 is 0. The smallest absolute Gasteiger partial charge is 0.252 e. The number of para-hydroxylation sites is 1. The molecule has 0 aliphatic carbocycles. The van der Waals surface area contributed by atoms with E-state index in [0.717, 1.165) is 33.3 Å². The Kier molecular flexibility index (Phi) is 5.09. The molecule has 4 heteroatoms. The number of pyridine rings is 1. The maximum atomic E-state index is 12.9. The third kappa shape index (κ3) is 3.75. The topological polar surface area (TPSA) is 42.0 Å². The Hall–Kier alpha value is -3.17. The van der Waals surface area contributed by atoms with E-state index in [1.54, 1.807) is 0 Å². The normalized spacial score (nSPS) is 10.8. The Morgan fingerprint density at radius 3 is 2.54 bits per heavy atom. The molecule has 0 unspecified atom stereocenters. The fraction of sp³-hybridized carbons (Fsp3) is 0.0833. The summed E-state index contributed by atoms with van der Waals surface area (Å²) in [5, 5.41) is 4.50. The van der Waals surface area contributed by atoms with Gasteiger partial charge in [0.2, 0.25) is 0 Å². The minimum absolute atomic E-state index is 0.124. The van der Waals surface area contributed by atoms with Gasteiger partial charge in [0.1, 0.15) is 0 Å². The van der Waals surface area contributed by atoms with Crippen LogP contribution in [0.3, 0.4) is 0 Å². The lowest BCUT2D eigenvalue weighted by molar-refractivity contribution is 0.0952. The molecule has 1 aromatic heterocycles. The van der Waals surface area contributed by atoms with E-state index in [9.17, 15) is 4.79 Å². The van der Waals surface area contributed by atoms with Gasteiger partial charge in [0.05, 0.1) is 11.1 Å². The van der Waals surface area contributed by atoms with Crippen LogP contribution in [-0.2, 0) is 6.54 Å². The first-order valence-corrected chi connectivity index (χ1v) is 9.48. The predicted octanol–water partition coefficient (Wildman–Crippen LogP) is 5.79. The molecule has 0 fully saturated rings. The highest BCUT2D eigenvalue weighted by Crippen LogP contribution is 2.29. The van der Waals surface area contributed by atoms with Crippen molar-refractivity contribution >= 4 is 28.4 Å². The Bertz CT molecular complexity index is 1160. The van der Waals surface area contributed by atoms with E-state index >= 15 is 0 Å². The molecule has 3 nitrogen and oxygen atoms in total. The van der Waals surface area contributed by atoms with Crippen LogP contribution < -0.4 is 5.32 Å². The van der Waals surface area contributed by atoms with E-state index in [2.05, 4.69) is 17.4 Å². The zero-order valence-electron chi connectivity index (χ0n) is 15.4. The van der Waals surface area contributed by atoms with Crippen molar-refractivity contribution in [2.45, 2.75) is 13.5 Å². The number of aryl methyl sites for hydroxylation is 1. The molecule has 1 N–H and O–H groups in total. The summed E-state index contributed by atoms with van der Waals surface area (Å²) in [6.45, 7) is 2.33. The second kappa shape index (κ2) is 7.83. The number of amides is 1. The maximum absolute atomic E-state index is 12.9. The van der Waals surface area contributed by atoms with E-state index in [1.165, 1.54) is 0 Å². The first-order valence-electron chi connectivity index (χ1n) is 9.10. The molecule has 0 spiro atoms. The van der Waals surface area contributed by atoms with Crippen LogP contribution in [0.5, 0.6) is 0 Å². The lowest BCUT2D eigenvalue weighted by atomic mass is 9.98. The summed E-state index contributed by atoms with van der Waals surface area (Å²) in [6, 6.07) is 25.4. The van der Waals surface area contributed by atoms with Gasteiger partial charge in [-0.2, -0.15) is 0 Å². The van der Waals surface area contributed by atoms with E-state index < -0.39 is 0 Å². The molecule has 3 aromatic carbocycles. The van der Waals surface area contributed by atoms with Gasteiger partial charge in [-0.05, 0) is 36.2 Å². The minimum atomic E-state index is -0.124. The van der Waals surface area contributed by atoms with Crippen LogP contribution in [0.15, 0.2) is 78.9 Å². The number of carbonyl (C=O) groups is 1. The quantitative estimate of drug-likeness (QED) is 0.482. The molecule has 1 heterocycles.